The lowest BCUT2D eigenvalue weighted by atomic mass is 10.1. The summed E-state index contributed by atoms with van der Waals surface area (Å²) in [5, 5.41) is 3.47. The highest BCUT2D eigenvalue weighted by Crippen LogP contribution is 2.30. The molecule has 0 bridgehead atoms. The average Bonchev–Trinajstić information content (AvgIpc) is 3.04. The van der Waals surface area contributed by atoms with Crippen LogP contribution in [0.1, 0.15) is 36.9 Å². The van der Waals surface area contributed by atoms with Crippen molar-refractivity contribution in [1.82, 2.24) is 15.3 Å². The molecule has 2 aliphatic rings. The number of hydrogen-bond acceptors (Lipinski definition) is 4. The second-order valence-corrected chi connectivity index (χ2v) is 6.95. The van der Waals surface area contributed by atoms with Crippen LogP contribution in [0, 0.1) is 5.82 Å². The van der Waals surface area contributed by atoms with Crippen molar-refractivity contribution in [2.45, 2.75) is 38.5 Å². The normalized spacial score (nSPS) is 18.4. The predicted molar refractivity (Wildman–Crippen MR) is 98.4 cm³/mol. The molecule has 1 saturated heterocycles. The highest BCUT2D eigenvalue weighted by Gasteiger charge is 2.22. The first-order valence-corrected chi connectivity index (χ1v) is 9.43. The molecule has 25 heavy (non-hydrogen) atoms. The van der Waals surface area contributed by atoms with Gasteiger partial charge in [-0.1, -0.05) is 6.42 Å². The molecule has 2 aromatic rings. The van der Waals surface area contributed by atoms with Gasteiger partial charge in [-0.25, -0.2) is 14.4 Å². The van der Waals surface area contributed by atoms with Crippen molar-refractivity contribution >= 4 is 5.82 Å². The van der Waals surface area contributed by atoms with Gasteiger partial charge in [0, 0.05) is 36.5 Å². The number of aromatic nitrogens is 2. The monoisotopic (exact) mass is 340 g/mol. The Balaban J connectivity index is 1.79. The summed E-state index contributed by atoms with van der Waals surface area (Å²) in [7, 11) is 0. The van der Waals surface area contributed by atoms with Gasteiger partial charge in [0.05, 0.1) is 0 Å². The number of rotatable bonds is 2. The van der Waals surface area contributed by atoms with Crippen LogP contribution in [0.2, 0.25) is 0 Å². The number of halogens is 1. The molecule has 4 nitrogen and oxygen atoms in total. The summed E-state index contributed by atoms with van der Waals surface area (Å²) in [5.41, 5.74) is 3.42. The minimum Gasteiger partial charge on any atom is -0.355 e. The van der Waals surface area contributed by atoms with Crippen LogP contribution in [0.15, 0.2) is 24.3 Å². The van der Waals surface area contributed by atoms with Crippen LogP contribution in [0.25, 0.3) is 11.4 Å². The predicted octanol–water partition coefficient (Wildman–Crippen LogP) is 3.35. The molecule has 0 saturated carbocycles. The minimum atomic E-state index is -0.225. The van der Waals surface area contributed by atoms with Crippen molar-refractivity contribution < 1.29 is 4.39 Å². The standard InChI is InChI=1S/C20H25FN4/c21-16-9-7-15(8-10-16)19-23-18-6-3-1-2-5-17(18)20(24-19)25-13-4-11-22-12-14-25/h7-10,22H,1-6,11-14H2. The van der Waals surface area contributed by atoms with Gasteiger partial charge in [0.2, 0.25) is 0 Å². The fraction of sp³-hybridized carbons (Fsp3) is 0.500. The summed E-state index contributed by atoms with van der Waals surface area (Å²) in [5.74, 6) is 1.61. The van der Waals surface area contributed by atoms with Gasteiger partial charge in [0.15, 0.2) is 5.82 Å². The number of anilines is 1. The summed E-state index contributed by atoms with van der Waals surface area (Å²) >= 11 is 0. The largest absolute Gasteiger partial charge is 0.355 e. The number of fused-ring (bicyclic) bond motifs is 1. The Hall–Kier alpha value is -2.01. The Labute approximate surface area is 148 Å². The van der Waals surface area contributed by atoms with Gasteiger partial charge in [0.25, 0.3) is 0 Å². The Kier molecular flexibility index (Phi) is 4.92. The highest BCUT2D eigenvalue weighted by atomic mass is 19.1. The van der Waals surface area contributed by atoms with E-state index in [2.05, 4.69) is 10.2 Å². The first kappa shape index (κ1) is 16.5. The molecule has 4 rings (SSSR count). The average molecular weight is 340 g/mol. The fourth-order valence-electron chi connectivity index (χ4n) is 3.80. The van der Waals surface area contributed by atoms with Crippen LogP contribution in [-0.4, -0.2) is 36.1 Å². The van der Waals surface area contributed by atoms with Crippen LogP contribution in [0.4, 0.5) is 10.2 Å². The smallest absolute Gasteiger partial charge is 0.161 e. The summed E-state index contributed by atoms with van der Waals surface area (Å²) in [6.45, 7) is 4.06. The SMILES string of the molecule is Fc1ccc(-c2nc3c(c(N4CCCNCC4)n2)CCCCC3)cc1. The summed E-state index contributed by atoms with van der Waals surface area (Å²) < 4.78 is 13.3. The molecule has 132 valence electrons. The third-order valence-corrected chi connectivity index (χ3v) is 5.15. The van der Waals surface area contributed by atoms with Crippen LogP contribution in [0.3, 0.4) is 0 Å². The zero-order valence-corrected chi connectivity index (χ0v) is 14.6. The molecule has 1 aliphatic carbocycles. The number of nitrogens with one attached hydrogen (secondary N) is 1. The molecule has 1 aromatic carbocycles. The zero-order chi connectivity index (χ0) is 17.1. The van der Waals surface area contributed by atoms with Crippen LogP contribution in [0.5, 0.6) is 0 Å². The van der Waals surface area contributed by atoms with Gasteiger partial charge in [-0.3, -0.25) is 0 Å². The summed E-state index contributed by atoms with van der Waals surface area (Å²) in [4.78, 5) is 12.2. The van der Waals surface area contributed by atoms with Crippen LogP contribution < -0.4 is 10.2 Å². The van der Waals surface area contributed by atoms with Gasteiger partial charge in [-0.15, -0.1) is 0 Å². The Bertz CT molecular complexity index is 721. The summed E-state index contributed by atoms with van der Waals surface area (Å²) in [6, 6.07) is 6.53. The Morgan fingerprint density at radius 1 is 0.880 bits per heavy atom. The topological polar surface area (TPSA) is 41.1 Å². The molecule has 1 aromatic heterocycles. The van der Waals surface area contributed by atoms with E-state index in [1.807, 2.05) is 0 Å². The van der Waals surface area contributed by atoms with E-state index in [4.69, 9.17) is 9.97 Å². The van der Waals surface area contributed by atoms with E-state index < -0.39 is 0 Å². The number of nitrogens with zero attached hydrogens (tertiary/aromatic N) is 3. The Morgan fingerprint density at radius 3 is 2.60 bits per heavy atom. The van der Waals surface area contributed by atoms with E-state index in [0.717, 1.165) is 62.6 Å². The second-order valence-electron chi connectivity index (χ2n) is 6.95. The van der Waals surface area contributed by atoms with E-state index in [1.165, 1.54) is 42.7 Å². The van der Waals surface area contributed by atoms with Crippen molar-refractivity contribution in [1.29, 1.82) is 0 Å². The molecular weight excluding hydrogens is 315 g/mol. The molecule has 0 atom stereocenters. The second kappa shape index (κ2) is 7.48. The lowest BCUT2D eigenvalue weighted by Crippen LogP contribution is -2.30. The third-order valence-electron chi connectivity index (χ3n) is 5.15. The van der Waals surface area contributed by atoms with Crippen molar-refractivity contribution in [3.8, 4) is 11.4 Å². The molecule has 0 unspecified atom stereocenters. The van der Waals surface area contributed by atoms with E-state index in [0.29, 0.717) is 0 Å². The van der Waals surface area contributed by atoms with Crippen LogP contribution >= 0.6 is 0 Å². The van der Waals surface area contributed by atoms with Gasteiger partial charge in [-0.2, -0.15) is 0 Å². The Morgan fingerprint density at radius 2 is 1.72 bits per heavy atom. The molecule has 0 amide bonds. The zero-order valence-electron chi connectivity index (χ0n) is 14.6. The van der Waals surface area contributed by atoms with E-state index >= 15 is 0 Å². The summed E-state index contributed by atoms with van der Waals surface area (Å²) in [6.07, 6.45) is 6.87. The molecule has 1 aliphatic heterocycles. The number of hydrogen-bond donors (Lipinski definition) is 1. The molecule has 0 spiro atoms. The molecule has 2 heterocycles. The van der Waals surface area contributed by atoms with Crippen molar-refractivity contribution in [2.24, 2.45) is 0 Å². The maximum absolute atomic E-state index is 13.3. The van der Waals surface area contributed by atoms with Crippen molar-refractivity contribution in [3.63, 3.8) is 0 Å². The highest BCUT2D eigenvalue weighted by molar-refractivity contribution is 5.61. The van der Waals surface area contributed by atoms with Gasteiger partial charge in [0.1, 0.15) is 11.6 Å². The molecule has 5 heteroatoms. The van der Waals surface area contributed by atoms with Gasteiger partial charge >= 0.3 is 0 Å². The first-order chi connectivity index (χ1) is 12.3. The number of benzene rings is 1. The number of aryl methyl sites for hydroxylation is 1. The van der Waals surface area contributed by atoms with Gasteiger partial charge < -0.3 is 10.2 Å². The third kappa shape index (κ3) is 3.66. The van der Waals surface area contributed by atoms with E-state index in [-0.39, 0.29) is 5.82 Å². The van der Waals surface area contributed by atoms with Crippen molar-refractivity contribution in [3.05, 3.63) is 41.3 Å². The maximum Gasteiger partial charge on any atom is 0.161 e. The minimum absolute atomic E-state index is 0.225. The van der Waals surface area contributed by atoms with Crippen LogP contribution in [-0.2, 0) is 12.8 Å². The molecule has 0 radical (unpaired) electrons. The lowest BCUT2D eigenvalue weighted by molar-refractivity contribution is 0.628. The quantitative estimate of drug-likeness (QED) is 0.851. The molecular formula is C20H25FN4. The fourth-order valence-corrected chi connectivity index (χ4v) is 3.80. The van der Waals surface area contributed by atoms with E-state index in [1.54, 1.807) is 12.1 Å². The molecule has 1 fully saturated rings. The molecule has 1 N–H and O–H groups in total. The van der Waals surface area contributed by atoms with Crippen molar-refractivity contribution in [2.75, 3.05) is 31.1 Å². The lowest BCUT2D eigenvalue weighted by Gasteiger charge is -2.25. The van der Waals surface area contributed by atoms with Gasteiger partial charge in [-0.05, 0) is 62.9 Å². The van der Waals surface area contributed by atoms with E-state index in [9.17, 15) is 4.39 Å². The first-order valence-electron chi connectivity index (χ1n) is 9.43. The maximum atomic E-state index is 13.3.